The number of benzene rings is 2. The first-order valence-corrected chi connectivity index (χ1v) is 10.4. The summed E-state index contributed by atoms with van der Waals surface area (Å²) in [7, 11) is 0. The average Bonchev–Trinajstić information content (AvgIpc) is 2.70. The lowest BCUT2D eigenvalue weighted by Gasteiger charge is -2.28. The van der Waals surface area contributed by atoms with Gasteiger partial charge in [0.25, 0.3) is 0 Å². The van der Waals surface area contributed by atoms with E-state index in [1.54, 1.807) is 0 Å². The zero-order valence-corrected chi connectivity index (χ0v) is 17.3. The Kier molecular flexibility index (Phi) is 6.92. The number of ether oxygens (including phenoxy) is 1. The number of likely N-dealkylation sites (N-methyl/N-ethyl adjacent to an activating group) is 1. The molecule has 0 saturated heterocycles. The Morgan fingerprint density at radius 1 is 1.07 bits per heavy atom. The second kappa shape index (κ2) is 9.38. The third-order valence-corrected chi connectivity index (χ3v) is 5.68. The predicted molar refractivity (Wildman–Crippen MR) is 114 cm³/mol. The van der Waals surface area contributed by atoms with Crippen molar-refractivity contribution in [3.63, 3.8) is 0 Å². The molecule has 1 aliphatic rings. The quantitative estimate of drug-likeness (QED) is 0.728. The van der Waals surface area contributed by atoms with Crippen LogP contribution in [0.15, 0.2) is 42.5 Å². The van der Waals surface area contributed by atoms with Gasteiger partial charge in [0.1, 0.15) is 12.4 Å². The fourth-order valence-corrected chi connectivity index (χ4v) is 3.83. The first-order valence-electron chi connectivity index (χ1n) is 10.4. The number of rotatable bonds is 8. The summed E-state index contributed by atoms with van der Waals surface area (Å²) in [6.07, 6.45) is 1.06. The highest BCUT2D eigenvalue weighted by Gasteiger charge is 2.21. The standard InChI is InChI=1S/C24H34N2O/c1-5-26(6-2)15-16-27-22-11-12-23-21(17-22)13-14-25-24(23)20-9-7-19(8-10-20)18(3)4/h7-12,17-18,24-25H,5-6,13-16H2,1-4H3. The minimum Gasteiger partial charge on any atom is -0.492 e. The molecule has 0 aromatic heterocycles. The van der Waals surface area contributed by atoms with Crippen LogP contribution in [0.2, 0.25) is 0 Å². The summed E-state index contributed by atoms with van der Waals surface area (Å²) >= 11 is 0. The molecule has 1 unspecified atom stereocenters. The summed E-state index contributed by atoms with van der Waals surface area (Å²) in [5, 5.41) is 3.69. The van der Waals surface area contributed by atoms with Crippen LogP contribution in [-0.4, -0.2) is 37.7 Å². The second-order valence-corrected chi connectivity index (χ2v) is 7.69. The Bertz CT molecular complexity index is 720. The molecule has 0 radical (unpaired) electrons. The molecule has 2 aromatic rings. The molecule has 146 valence electrons. The van der Waals surface area contributed by atoms with Crippen LogP contribution in [0.3, 0.4) is 0 Å². The van der Waals surface area contributed by atoms with Crippen molar-refractivity contribution in [2.45, 2.75) is 46.1 Å². The normalized spacial score (nSPS) is 16.6. The molecular weight excluding hydrogens is 332 g/mol. The van der Waals surface area contributed by atoms with E-state index < -0.39 is 0 Å². The van der Waals surface area contributed by atoms with E-state index in [0.29, 0.717) is 5.92 Å². The van der Waals surface area contributed by atoms with Gasteiger partial charge in [-0.2, -0.15) is 0 Å². The van der Waals surface area contributed by atoms with Gasteiger partial charge in [0.05, 0.1) is 6.04 Å². The molecule has 3 heteroatoms. The SMILES string of the molecule is CCN(CC)CCOc1ccc2c(c1)CCNC2c1ccc(C(C)C)cc1. The maximum absolute atomic E-state index is 6.03. The first kappa shape index (κ1) is 19.9. The van der Waals surface area contributed by atoms with Gasteiger partial charge in [0.2, 0.25) is 0 Å². The van der Waals surface area contributed by atoms with Gasteiger partial charge in [0.15, 0.2) is 0 Å². The van der Waals surface area contributed by atoms with Crippen molar-refractivity contribution in [1.82, 2.24) is 10.2 Å². The van der Waals surface area contributed by atoms with Gasteiger partial charge < -0.3 is 15.0 Å². The fourth-order valence-electron chi connectivity index (χ4n) is 3.83. The van der Waals surface area contributed by atoms with E-state index in [1.807, 2.05) is 0 Å². The Balaban J connectivity index is 1.71. The van der Waals surface area contributed by atoms with Gasteiger partial charge in [-0.1, -0.05) is 58.0 Å². The fraction of sp³-hybridized carbons (Fsp3) is 0.500. The van der Waals surface area contributed by atoms with Crippen molar-refractivity contribution >= 4 is 0 Å². The number of fused-ring (bicyclic) bond motifs is 1. The predicted octanol–water partition coefficient (Wildman–Crippen LogP) is 4.77. The lowest BCUT2D eigenvalue weighted by atomic mass is 9.89. The molecule has 2 aromatic carbocycles. The summed E-state index contributed by atoms with van der Waals surface area (Å²) in [5.74, 6) is 1.57. The zero-order chi connectivity index (χ0) is 19.2. The van der Waals surface area contributed by atoms with E-state index >= 15 is 0 Å². The van der Waals surface area contributed by atoms with Crippen LogP contribution in [0.5, 0.6) is 5.75 Å². The molecule has 0 amide bonds. The minimum atomic E-state index is 0.277. The number of hydrogen-bond acceptors (Lipinski definition) is 3. The largest absolute Gasteiger partial charge is 0.492 e. The van der Waals surface area contributed by atoms with Crippen LogP contribution >= 0.6 is 0 Å². The molecule has 27 heavy (non-hydrogen) atoms. The number of nitrogens with one attached hydrogen (secondary N) is 1. The van der Waals surface area contributed by atoms with Gasteiger partial charge in [0, 0.05) is 13.1 Å². The van der Waals surface area contributed by atoms with Gasteiger partial charge >= 0.3 is 0 Å². The molecule has 0 spiro atoms. The van der Waals surface area contributed by atoms with E-state index in [4.69, 9.17) is 4.74 Å². The molecule has 1 atom stereocenters. The molecule has 1 aliphatic heterocycles. The molecule has 0 bridgehead atoms. The third-order valence-electron chi connectivity index (χ3n) is 5.68. The van der Waals surface area contributed by atoms with E-state index in [-0.39, 0.29) is 6.04 Å². The van der Waals surface area contributed by atoms with Crippen LogP contribution in [0, 0.1) is 0 Å². The lowest BCUT2D eigenvalue weighted by Crippen LogP contribution is -2.30. The summed E-state index contributed by atoms with van der Waals surface area (Å²) in [5.41, 5.74) is 5.53. The summed E-state index contributed by atoms with van der Waals surface area (Å²) in [6, 6.07) is 16.0. The van der Waals surface area contributed by atoms with Crippen LogP contribution < -0.4 is 10.1 Å². The van der Waals surface area contributed by atoms with E-state index in [2.05, 4.69) is 80.4 Å². The second-order valence-electron chi connectivity index (χ2n) is 7.69. The Labute approximate surface area is 164 Å². The van der Waals surface area contributed by atoms with Gasteiger partial charge in [-0.3, -0.25) is 0 Å². The van der Waals surface area contributed by atoms with E-state index in [0.717, 1.165) is 45.0 Å². The Hall–Kier alpha value is -1.84. The van der Waals surface area contributed by atoms with Gasteiger partial charge in [-0.25, -0.2) is 0 Å². The van der Waals surface area contributed by atoms with Crippen molar-refractivity contribution in [3.8, 4) is 5.75 Å². The Morgan fingerprint density at radius 2 is 1.81 bits per heavy atom. The maximum atomic E-state index is 6.03. The summed E-state index contributed by atoms with van der Waals surface area (Å²) < 4.78 is 6.03. The smallest absolute Gasteiger partial charge is 0.119 e. The molecule has 3 nitrogen and oxygen atoms in total. The van der Waals surface area contributed by atoms with Crippen molar-refractivity contribution in [2.75, 3.05) is 32.8 Å². The Morgan fingerprint density at radius 3 is 2.48 bits per heavy atom. The summed E-state index contributed by atoms with van der Waals surface area (Å²) in [4.78, 5) is 2.39. The first-order chi connectivity index (χ1) is 13.1. The molecule has 3 rings (SSSR count). The molecular formula is C24H34N2O. The van der Waals surface area contributed by atoms with Crippen molar-refractivity contribution < 1.29 is 4.74 Å². The van der Waals surface area contributed by atoms with Gasteiger partial charge in [-0.05, 0) is 59.8 Å². The lowest BCUT2D eigenvalue weighted by molar-refractivity contribution is 0.222. The van der Waals surface area contributed by atoms with Crippen LogP contribution in [-0.2, 0) is 6.42 Å². The van der Waals surface area contributed by atoms with Crippen molar-refractivity contribution in [3.05, 3.63) is 64.7 Å². The van der Waals surface area contributed by atoms with E-state index in [1.165, 1.54) is 22.3 Å². The molecule has 1 N–H and O–H groups in total. The van der Waals surface area contributed by atoms with Crippen molar-refractivity contribution in [2.24, 2.45) is 0 Å². The highest BCUT2D eigenvalue weighted by atomic mass is 16.5. The van der Waals surface area contributed by atoms with Crippen LogP contribution in [0.4, 0.5) is 0 Å². The van der Waals surface area contributed by atoms with Crippen LogP contribution in [0.1, 0.15) is 61.9 Å². The highest BCUT2D eigenvalue weighted by Crippen LogP contribution is 2.31. The average molecular weight is 367 g/mol. The molecule has 0 saturated carbocycles. The highest BCUT2D eigenvalue weighted by molar-refractivity contribution is 5.44. The van der Waals surface area contributed by atoms with E-state index in [9.17, 15) is 0 Å². The zero-order valence-electron chi connectivity index (χ0n) is 17.3. The molecule has 0 aliphatic carbocycles. The monoisotopic (exact) mass is 366 g/mol. The molecule has 1 heterocycles. The third kappa shape index (κ3) is 4.91. The summed E-state index contributed by atoms with van der Waals surface area (Å²) in [6.45, 7) is 13.8. The maximum Gasteiger partial charge on any atom is 0.119 e. The minimum absolute atomic E-state index is 0.277. The topological polar surface area (TPSA) is 24.5 Å². The van der Waals surface area contributed by atoms with Crippen LogP contribution in [0.25, 0.3) is 0 Å². The van der Waals surface area contributed by atoms with Gasteiger partial charge in [-0.15, -0.1) is 0 Å². The van der Waals surface area contributed by atoms with Crippen molar-refractivity contribution in [1.29, 1.82) is 0 Å². The number of hydrogen-bond donors (Lipinski definition) is 1. The molecule has 0 fully saturated rings. The number of nitrogens with zero attached hydrogens (tertiary/aromatic N) is 1.